The number of anilines is 4. The molecule has 11 rings (SSSR count). The summed E-state index contributed by atoms with van der Waals surface area (Å²) in [6, 6.07) is 0. The first-order valence-electron chi connectivity index (χ1n) is 25.4. The molecule has 0 aromatic carbocycles. The highest BCUT2D eigenvalue weighted by molar-refractivity contribution is 6.02. The van der Waals surface area contributed by atoms with Crippen LogP contribution in [0.3, 0.4) is 0 Å². The van der Waals surface area contributed by atoms with Crippen LogP contribution in [0.2, 0.25) is 0 Å². The van der Waals surface area contributed by atoms with Crippen LogP contribution in [0.5, 0.6) is 0 Å². The minimum absolute atomic E-state index is 0.0579. The van der Waals surface area contributed by atoms with E-state index in [4.69, 9.17) is 42.4 Å². The number of nitrogen functional groups attached to an aromatic ring is 4. The SMILES string of the molecule is CC(=O)c1cnn(-c2nc(N)c3ncn(C4O[C@H](CO)[C@@H](O)[C@H]4O)c3n2)c1.CCOC(=O)C(C=O)C=O.CNC(=O)c1cnn(-c2nc(N)c3ncn(C4O[C@H](CO)[C@@H](O)[C@H]4O)c3n2)c1.NNc1nc(N)c2ncn(C3O[C@H](CO)[C@@H](O)[C@H]3O)c2n1. The number of aliphatic hydroxyl groups excluding tert-OH is 9. The molecule has 11 heterocycles. The predicted molar refractivity (Wildman–Crippen MR) is 286 cm³/mol. The molecule has 3 aliphatic rings. The summed E-state index contributed by atoms with van der Waals surface area (Å²) in [7, 11) is 1.50. The lowest BCUT2D eigenvalue weighted by molar-refractivity contribution is -0.150. The number of nitrogens with zero attached hydrogens (tertiary/aromatic N) is 16. The standard InChI is InChI=1S/C15H18N8O5.C15H17N7O5.C10H15N7O4.C6H8O4/c1-17-13(27)6-2-19-23(3-6)15-20-11(16)8-12(21-15)22(5-18-8)14-10(26)9(25)7(4-24)28-14;1-6(24)7-2-18-22(3-7)15-19-12(16)9-13(20-15)21(5-17-9)14-11(26)10(25)8(4-23)27-14;11-7-4-8(15-10(14-7)16-12)17(2-13-4)9-6(20)5(19)3(1-18)21-9;1-2-10-6(9)5(3-7)4-8/h2-3,5,7,9-10,14,24-26H,4H2,1H3,(H,17,27)(H2,16,20,21);2-3,5,8,10-11,14,23,25-26H,4H2,1H3,(H2,16,19,20);2-3,5-6,9,18-20H,1,12H2,(H3,11,14,15,16);3-5H,2H2,1H3/t7-,9-,10-,14?;8-,10-,11-,14?;3-,5-,6-,9?;/m111./s1. The van der Waals surface area contributed by atoms with Gasteiger partial charge in [-0.05, 0) is 13.8 Å². The number of carbonyl (C=O) groups is 5. The van der Waals surface area contributed by atoms with E-state index in [0.717, 1.165) is 0 Å². The molecule has 40 nitrogen and oxygen atoms in total. The largest absolute Gasteiger partial charge is 0.465 e. The van der Waals surface area contributed by atoms with Gasteiger partial charge in [0.1, 0.15) is 84.1 Å². The van der Waals surface area contributed by atoms with Crippen molar-refractivity contribution in [3.63, 3.8) is 0 Å². The lowest BCUT2D eigenvalue weighted by Gasteiger charge is -2.16. The first-order valence-corrected chi connectivity index (χ1v) is 25.4. The number of hydrazine groups is 1. The molecule has 460 valence electrons. The maximum absolute atomic E-state index is 11.7. The van der Waals surface area contributed by atoms with Gasteiger partial charge in [0, 0.05) is 19.4 Å². The van der Waals surface area contributed by atoms with E-state index in [1.165, 1.54) is 80.8 Å². The third-order valence-corrected chi connectivity index (χ3v) is 13.1. The van der Waals surface area contributed by atoms with Crippen molar-refractivity contribution in [3.8, 4) is 11.9 Å². The first kappa shape index (κ1) is 62.7. The first-order chi connectivity index (χ1) is 41.2. The number of Topliss-reactive ketones (excluding diaryl/α,β-unsaturated/α-hetero) is 1. The van der Waals surface area contributed by atoms with Crippen LogP contribution in [0.15, 0.2) is 43.8 Å². The summed E-state index contributed by atoms with van der Waals surface area (Å²) in [5, 5.41) is 98.5. The number of ketones is 1. The highest BCUT2D eigenvalue weighted by Crippen LogP contribution is 2.35. The highest BCUT2D eigenvalue weighted by Gasteiger charge is 2.46. The summed E-state index contributed by atoms with van der Waals surface area (Å²) in [5.41, 5.74) is 22.2. The average Bonchev–Trinajstić information content (AvgIpc) is 2.18. The van der Waals surface area contributed by atoms with E-state index >= 15 is 0 Å². The van der Waals surface area contributed by atoms with Crippen molar-refractivity contribution in [1.82, 2.24) is 83.4 Å². The van der Waals surface area contributed by atoms with Gasteiger partial charge >= 0.3 is 5.97 Å². The summed E-state index contributed by atoms with van der Waals surface area (Å²) in [4.78, 5) is 90.9. The second-order valence-corrected chi connectivity index (χ2v) is 18.6. The maximum atomic E-state index is 11.7. The van der Waals surface area contributed by atoms with Gasteiger partial charge in [-0.2, -0.15) is 40.1 Å². The van der Waals surface area contributed by atoms with E-state index in [9.17, 15) is 64.8 Å². The van der Waals surface area contributed by atoms with Crippen molar-refractivity contribution in [2.45, 2.75) is 87.5 Å². The Morgan fingerprint density at radius 3 is 1.34 bits per heavy atom. The van der Waals surface area contributed by atoms with Gasteiger partial charge in [0.25, 0.3) is 17.8 Å². The second kappa shape index (κ2) is 26.7. The molecular weight excluding hydrogens is 1150 g/mol. The number of nitrogens with one attached hydrogen (secondary N) is 2. The van der Waals surface area contributed by atoms with Crippen LogP contribution in [0, 0.1) is 5.92 Å². The number of aliphatic hydroxyl groups is 9. The van der Waals surface area contributed by atoms with Crippen LogP contribution in [0.1, 0.15) is 53.2 Å². The molecule has 3 fully saturated rings. The number of rotatable bonds is 15. The fourth-order valence-electron chi connectivity index (χ4n) is 8.64. The van der Waals surface area contributed by atoms with Gasteiger partial charge in [0.2, 0.25) is 5.95 Å². The molecule has 8 aromatic rings. The van der Waals surface area contributed by atoms with Crippen LogP contribution < -0.4 is 33.8 Å². The lowest BCUT2D eigenvalue weighted by atomic mass is 10.1. The Kier molecular flexibility index (Phi) is 19.5. The van der Waals surface area contributed by atoms with Gasteiger partial charge in [-0.25, -0.2) is 30.2 Å². The number of fused-ring (bicyclic) bond motifs is 3. The van der Waals surface area contributed by atoms with Crippen molar-refractivity contribution < 1.29 is 88.9 Å². The van der Waals surface area contributed by atoms with Crippen LogP contribution in [0.25, 0.3) is 45.4 Å². The molecule has 3 saturated heterocycles. The summed E-state index contributed by atoms with van der Waals surface area (Å²) >= 11 is 0. The van der Waals surface area contributed by atoms with Gasteiger partial charge in [-0.3, -0.25) is 33.5 Å². The number of hydrogen-bond acceptors (Lipinski definition) is 34. The Bertz CT molecular complexity index is 3710. The number of amides is 1. The van der Waals surface area contributed by atoms with Gasteiger partial charge in [0.15, 0.2) is 64.8 Å². The molecule has 3 unspecified atom stereocenters. The third kappa shape index (κ3) is 12.4. The number of imidazole rings is 3. The van der Waals surface area contributed by atoms with E-state index in [-0.39, 0.29) is 94.1 Å². The molecule has 86 heavy (non-hydrogen) atoms. The Morgan fingerprint density at radius 2 is 1.00 bits per heavy atom. The predicted octanol–water partition coefficient (Wildman–Crippen LogP) is -7.16. The zero-order chi connectivity index (χ0) is 62.4. The topological polar surface area (TPSA) is 599 Å². The van der Waals surface area contributed by atoms with E-state index in [1.807, 2.05) is 0 Å². The molecule has 3 aliphatic heterocycles. The Morgan fingerprint density at radius 1 is 0.616 bits per heavy atom. The second-order valence-electron chi connectivity index (χ2n) is 18.6. The van der Waals surface area contributed by atoms with Gasteiger partial charge < -0.3 is 97.0 Å². The third-order valence-electron chi connectivity index (χ3n) is 13.1. The van der Waals surface area contributed by atoms with E-state index in [0.29, 0.717) is 16.6 Å². The van der Waals surface area contributed by atoms with E-state index in [2.05, 4.69) is 70.5 Å². The summed E-state index contributed by atoms with van der Waals surface area (Å²) in [6.45, 7) is 1.86. The van der Waals surface area contributed by atoms with Crippen molar-refractivity contribution in [3.05, 3.63) is 54.9 Å². The van der Waals surface area contributed by atoms with Gasteiger partial charge in [-0.15, -0.1) is 0 Å². The number of aromatic nitrogens is 16. The molecule has 0 saturated carbocycles. The molecule has 12 atom stereocenters. The van der Waals surface area contributed by atoms with Crippen molar-refractivity contribution >= 4 is 87.1 Å². The summed E-state index contributed by atoms with van der Waals surface area (Å²) < 4.78 is 27.6. The van der Waals surface area contributed by atoms with E-state index in [1.54, 1.807) is 6.92 Å². The monoisotopic (exact) mass is 1210 g/mol. The lowest BCUT2D eigenvalue weighted by Crippen LogP contribution is -2.33. The molecule has 0 aliphatic carbocycles. The van der Waals surface area contributed by atoms with Crippen molar-refractivity contribution in [2.24, 2.45) is 11.8 Å². The fraction of sp³-hybridized carbons (Fsp3) is 0.435. The zero-order valence-electron chi connectivity index (χ0n) is 45.2. The molecule has 1 amide bonds. The van der Waals surface area contributed by atoms with Crippen molar-refractivity contribution in [2.75, 3.05) is 56.1 Å². The molecule has 0 radical (unpaired) electrons. The van der Waals surface area contributed by atoms with Crippen LogP contribution in [-0.2, 0) is 33.3 Å². The Balaban J connectivity index is 0.000000157. The number of ether oxygens (including phenoxy) is 4. The van der Waals surface area contributed by atoms with Gasteiger partial charge in [0.05, 0.1) is 68.9 Å². The van der Waals surface area contributed by atoms with Crippen LogP contribution in [0.4, 0.5) is 23.4 Å². The minimum atomic E-state index is -1.31. The fourth-order valence-corrected chi connectivity index (χ4v) is 8.64. The quantitative estimate of drug-likeness (QED) is 0.0113. The zero-order valence-corrected chi connectivity index (χ0v) is 45.2. The molecule has 40 heteroatoms. The minimum Gasteiger partial charge on any atom is -0.465 e. The van der Waals surface area contributed by atoms with E-state index < -0.39 is 105 Å². The van der Waals surface area contributed by atoms with Gasteiger partial charge in [-0.1, -0.05) is 0 Å². The average molecular weight is 1210 g/mol. The van der Waals surface area contributed by atoms with Crippen LogP contribution >= 0.6 is 0 Å². The molecule has 0 spiro atoms. The maximum Gasteiger partial charge on any atom is 0.323 e. The molecular formula is C46H58N22O18. The number of hydrogen-bond donors (Lipinski definition) is 15. The molecule has 19 N–H and O–H groups in total. The normalized spacial score (nSPS) is 24.2. The smallest absolute Gasteiger partial charge is 0.323 e. The number of esters is 1. The highest BCUT2D eigenvalue weighted by atomic mass is 16.6. The van der Waals surface area contributed by atoms with Crippen molar-refractivity contribution in [1.29, 1.82) is 0 Å². The molecule has 8 aromatic heterocycles. The Hall–Kier alpha value is -9.30. The molecule has 0 bridgehead atoms. The number of nitrogens with two attached hydrogens (primary N) is 4. The summed E-state index contributed by atoms with van der Waals surface area (Å²) in [5.74, 6) is 3.23. The number of carbonyl (C=O) groups excluding carboxylic acids is 5. The number of aldehydes is 2. The Labute approximate surface area is 480 Å². The summed E-state index contributed by atoms with van der Waals surface area (Å²) in [6.07, 6.45) is -3.18. The van der Waals surface area contributed by atoms with Crippen LogP contribution in [-0.4, -0.2) is 243 Å².